The average Bonchev–Trinajstić information content (AvgIpc) is 3.12. The maximum Gasteiger partial charge on any atom is 0.254 e. The van der Waals surface area contributed by atoms with Gasteiger partial charge >= 0.3 is 0 Å². The SMILES string of the molecule is COC1C[C@@H]2CN(C(=O)c3cccc4ncccc34)C[C@@H]2C1. The first kappa shape index (κ1) is 13.7. The van der Waals surface area contributed by atoms with Crippen molar-refractivity contribution in [2.45, 2.75) is 18.9 Å². The van der Waals surface area contributed by atoms with Crippen LogP contribution in [-0.2, 0) is 4.74 Å². The first-order valence-corrected chi connectivity index (χ1v) is 7.92. The van der Waals surface area contributed by atoms with Gasteiger partial charge in [-0.3, -0.25) is 9.78 Å². The molecule has 1 aliphatic carbocycles. The molecule has 0 spiro atoms. The van der Waals surface area contributed by atoms with Crippen molar-refractivity contribution in [3.05, 3.63) is 42.1 Å². The van der Waals surface area contributed by atoms with E-state index in [0.717, 1.165) is 42.4 Å². The maximum atomic E-state index is 12.9. The molecular weight excluding hydrogens is 276 g/mol. The van der Waals surface area contributed by atoms with Gasteiger partial charge in [0.2, 0.25) is 0 Å². The number of fused-ring (bicyclic) bond motifs is 2. The van der Waals surface area contributed by atoms with E-state index in [0.29, 0.717) is 17.9 Å². The minimum absolute atomic E-state index is 0.141. The number of amides is 1. The fourth-order valence-corrected chi connectivity index (χ4v) is 4.06. The number of hydrogen-bond donors (Lipinski definition) is 0. The Hall–Kier alpha value is -1.94. The predicted molar refractivity (Wildman–Crippen MR) is 84.7 cm³/mol. The molecular formula is C18H20N2O2. The summed E-state index contributed by atoms with van der Waals surface area (Å²) < 4.78 is 5.47. The van der Waals surface area contributed by atoms with Gasteiger partial charge < -0.3 is 9.64 Å². The highest BCUT2D eigenvalue weighted by Gasteiger charge is 2.42. The van der Waals surface area contributed by atoms with Crippen LogP contribution in [0.2, 0.25) is 0 Å². The number of carbonyl (C=O) groups excluding carboxylic acids is 1. The molecule has 4 heteroatoms. The predicted octanol–water partition coefficient (Wildman–Crippen LogP) is 2.73. The summed E-state index contributed by atoms with van der Waals surface area (Å²) in [5, 5.41) is 0.946. The second-order valence-corrected chi connectivity index (χ2v) is 6.44. The third-order valence-electron chi connectivity index (χ3n) is 5.20. The minimum Gasteiger partial charge on any atom is -0.381 e. The van der Waals surface area contributed by atoms with Crippen LogP contribution >= 0.6 is 0 Å². The zero-order chi connectivity index (χ0) is 15.1. The summed E-state index contributed by atoms with van der Waals surface area (Å²) >= 11 is 0. The highest BCUT2D eigenvalue weighted by atomic mass is 16.5. The number of methoxy groups -OCH3 is 1. The molecule has 114 valence electrons. The van der Waals surface area contributed by atoms with Crippen LogP contribution in [0.1, 0.15) is 23.2 Å². The van der Waals surface area contributed by atoms with Crippen LogP contribution in [0, 0.1) is 11.8 Å². The van der Waals surface area contributed by atoms with Crippen LogP contribution in [0.4, 0.5) is 0 Å². The Morgan fingerprint density at radius 2 is 1.95 bits per heavy atom. The van der Waals surface area contributed by atoms with E-state index in [4.69, 9.17) is 4.74 Å². The Morgan fingerprint density at radius 1 is 1.18 bits per heavy atom. The Labute approximate surface area is 130 Å². The van der Waals surface area contributed by atoms with Crippen LogP contribution in [-0.4, -0.2) is 42.1 Å². The first-order chi connectivity index (χ1) is 10.8. The van der Waals surface area contributed by atoms with E-state index in [1.165, 1.54) is 0 Å². The number of likely N-dealkylation sites (tertiary alicyclic amines) is 1. The topological polar surface area (TPSA) is 42.4 Å². The fraction of sp³-hybridized carbons (Fsp3) is 0.444. The van der Waals surface area contributed by atoms with E-state index in [1.807, 2.05) is 35.2 Å². The molecule has 0 radical (unpaired) electrons. The van der Waals surface area contributed by atoms with Gasteiger partial charge in [-0.2, -0.15) is 0 Å². The monoisotopic (exact) mass is 296 g/mol. The van der Waals surface area contributed by atoms with Gasteiger partial charge in [-0.05, 0) is 42.9 Å². The molecule has 1 aromatic carbocycles. The molecule has 0 N–H and O–H groups in total. The summed E-state index contributed by atoms with van der Waals surface area (Å²) in [4.78, 5) is 19.3. The fourth-order valence-electron chi connectivity index (χ4n) is 4.06. The molecule has 22 heavy (non-hydrogen) atoms. The molecule has 1 amide bonds. The van der Waals surface area contributed by atoms with Crippen molar-refractivity contribution in [2.24, 2.45) is 11.8 Å². The van der Waals surface area contributed by atoms with Crippen molar-refractivity contribution in [3.63, 3.8) is 0 Å². The van der Waals surface area contributed by atoms with Crippen LogP contribution in [0.3, 0.4) is 0 Å². The molecule has 1 aromatic heterocycles. The lowest BCUT2D eigenvalue weighted by molar-refractivity contribution is 0.0733. The third-order valence-corrected chi connectivity index (χ3v) is 5.20. The van der Waals surface area contributed by atoms with Gasteiger partial charge in [0.25, 0.3) is 5.91 Å². The number of benzene rings is 1. The summed E-state index contributed by atoms with van der Waals surface area (Å²) in [5.41, 5.74) is 1.65. The second kappa shape index (κ2) is 5.36. The molecule has 2 aliphatic rings. The minimum atomic E-state index is 0.141. The second-order valence-electron chi connectivity index (χ2n) is 6.44. The number of rotatable bonds is 2. The standard InChI is InChI=1S/C18H20N2O2/c1-22-14-8-12-10-20(11-13(12)9-14)18(21)16-4-2-6-17-15(16)5-3-7-19-17/h2-7,12-14H,8-11H2,1H3/t12-,13+,14?. The van der Waals surface area contributed by atoms with Gasteiger partial charge in [-0.15, -0.1) is 0 Å². The number of nitrogens with zero attached hydrogens (tertiary/aromatic N) is 2. The van der Waals surface area contributed by atoms with Crippen molar-refractivity contribution in [1.82, 2.24) is 9.88 Å². The highest BCUT2D eigenvalue weighted by Crippen LogP contribution is 2.39. The number of ether oxygens (including phenoxy) is 1. The van der Waals surface area contributed by atoms with Gasteiger partial charge in [0.15, 0.2) is 0 Å². The van der Waals surface area contributed by atoms with Crippen molar-refractivity contribution in [1.29, 1.82) is 0 Å². The summed E-state index contributed by atoms with van der Waals surface area (Å²) in [6, 6.07) is 9.65. The van der Waals surface area contributed by atoms with Crippen molar-refractivity contribution >= 4 is 16.8 Å². The van der Waals surface area contributed by atoms with Crippen molar-refractivity contribution in [2.75, 3.05) is 20.2 Å². The van der Waals surface area contributed by atoms with E-state index < -0.39 is 0 Å². The van der Waals surface area contributed by atoms with Crippen LogP contribution in [0.5, 0.6) is 0 Å². The quantitative estimate of drug-likeness (QED) is 0.856. The lowest BCUT2D eigenvalue weighted by atomic mass is 10.0. The largest absolute Gasteiger partial charge is 0.381 e. The summed E-state index contributed by atoms with van der Waals surface area (Å²) in [6.07, 6.45) is 4.32. The summed E-state index contributed by atoms with van der Waals surface area (Å²) in [6.45, 7) is 1.72. The normalized spacial score (nSPS) is 27.3. The molecule has 0 bridgehead atoms. The molecule has 1 unspecified atom stereocenters. The Balaban J connectivity index is 1.58. The van der Waals surface area contributed by atoms with Gasteiger partial charge in [-0.25, -0.2) is 0 Å². The Morgan fingerprint density at radius 3 is 2.68 bits per heavy atom. The number of hydrogen-bond acceptors (Lipinski definition) is 3. The number of pyridine rings is 1. The molecule has 1 saturated carbocycles. The highest BCUT2D eigenvalue weighted by molar-refractivity contribution is 6.06. The molecule has 1 aliphatic heterocycles. The van der Waals surface area contributed by atoms with Gasteiger partial charge in [0.05, 0.1) is 11.6 Å². The van der Waals surface area contributed by atoms with Crippen molar-refractivity contribution < 1.29 is 9.53 Å². The maximum absolute atomic E-state index is 12.9. The van der Waals surface area contributed by atoms with E-state index in [-0.39, 0.29) is 5.91 Å². The van der Waals surface area contributed by atoms with Crippen molar-refractivity contribution in [3.8, 4) is 0 Å². The van der Waals surface area contributed by atoms with E-state index in [2.05, 4.69) is 4.98 Å². The Bertz CT molecular complexity index is 696. The van der Waals surface area contributed by atoms with E-state index >= 15 is 0 Å². The lowest BCUT2D eigenvalue weighted by Crippen LogP contribution is -2.30. The third kappa shape index (κ3) is 2.18. The molecule has 2 fully saturated rings. The van der Waals surface area contributed by atoms with Crippen LogP contribution in [0.15, 0.2) is 36.5 Å². The molecule has 2 aromatic rings. The molecule has 4 nitrogen and oxygen atoms in total. The Kier molecular flexibility index (Phi) is 3.34. The first-order valence-electron chi connectivity index (χ1n) is 7.92. The smallest absolute Gasteiger partial charge is 0.254 e. The van der Waals surface area contributed by atoms with Gasteiger partial charge in [0.1, 0.15) is 0 Å². The molecule has 3 atom stereocenters. The van der Waals surface area contributed by atoms with Gasteiger partial charge in [0, 0.05) is 37.3 Å². The van der Waals surface area contributed by atoms with Crippen LogP contribution in [0.25, 0.3) is 10.9 Å². The number of aromatic nitrogens is 1. The molecule has 1 saturated heterocycles. The number of carbonyl (C=O) groups is 1. The molecule has 4 rings (SSSR count). The lowest BCUT2D eigenvalue weighted by Gasteiger charge is -2.19. The summed E-state index contributed by atoms with van der Waals surface area (Å²) in [5.74, 6) is 1.34. The summed E-state index contributed by atoms with van der Waals surface area (Å²) in [7, 11) is 1.79. The zero-order valence-electron chi connectivity index (χ0n) is 12.7. The van der Waals surface area contributed by atoms with E-state index in [9.17, 15) is 4.79 Å². The van der Waals surface area contributed by atoms with Gasteiger partial charge in [-0.1, -0.05) is 12.1 Å². The zero-order valence-corrected chi connectivity index (χ0v) is 12.7. The average molecular weight is 296 g/mol. The molecule has 2 heterocycles. The van der Waals surface area contributed by atoms with Crippen LogP contribution < -0.4 is 0 Å². The van der Waals surface area contributed by atoms with E-state index in [1.54, 1.807) is 13.3 Å².